The fraction of sp³-hybridized carbons (Fsp3) is 0.538. The van der Waals surface area contributed by atoms with E-state index in [-0.39, 0.29) is 31.1 Å². The molecule has 3 rings (SSSR count). The van der Waals surface area contributed by atoms with Crippen molar-refractivity contribution in [2.75, 3.05) is 18.1 Å². The van der Waals surface area contributed by atoms with Gasteiger partial charge in [0.05, 0.1) is 6.61 Å². The molecule has 5 nitrogen and oxygen atoms in total. The van der Waals surface area contributed by atoms with Crippen LogP contribution in [0.15, 0.2) is 36.4 Å². The standard InChI is InChI=1S/C26H35NO4S/c1-2-3-4-5-7-20-10-12-22(13-11-20)27-21(14-17-25(27)29)8-6-9-23-15-16-24(32-23)26(30)31-19-18-28/h10-13,15-16,21,28H,2-9,14,17-19H2,1H3/t21-/m0/s1. The van der Waals surface area contributed by atoms with Crippen molar-refractivity contribution in [2.24, 2.45) is 0 Å². The lowest BCUT2D eigenvalue weighted by Crippen LogP contribution is -2.32. The predicted molar refractivity (Wildman–Crippen MR) is 129 cm³/mol. The number of thiophene rings is 1. The van der Waals surface area contributed by atoms with Crippen LogP contribution in [0.1, 0.15) is 78.4 Å². The van der Waals surface area contributed by atoms with Crippen molar-refractivity contribution in [3.63, 3.8) is 0 Å². The van der Waals surface area contributed by atoms with E-state index in [9.17, 15) is 9.59 Å². The van der Waals surface area contributed by atoms with Crippen molar-refractivity contribution >= 4 is 28.9 Å². The summed E-state index contributed by atoms with van der Waals surface area (Å²) in [5.74, 6) is -0.160. The van der Waals surface area contributed by atoms with Crippen LogP contribution in [0.25, 0.3) is 0 Å². The minimum Gasteiger partial charge on any atom is -0.459 e. The van der Waals surface area contributed by atoms with Crippen LogP contribution in [0.2, 0.25) is 0 Å². The number of rotatable bonds is 13. The van der Waals surface area contributed by atoms with Gasteiger partial charge in [0, 0.05) is 23.0 Å². The summed E-state index contributed by atoms with van der Waals surface area (Å²) in [4.78, 5) is 28.2. The molecule has 0 saturated carbocycles. The topological polar surface area (TPSA) is 66.8 Å². The fourth-order valence-electron chi connectivity index (χ4n) is 4.29. The number of nitrogens with zero attached hydrogens (tertiary/aromatic N) is 1. The Hall–Kier alpha value is -2.18. The molecule has 1 aliphatic heterocycles. The van der Waals surface area contributed by atoms with Gasteiger partial charge in [-0.05, 0) is 68.4 Å². The van der Waals surface area contributed by atoms with E-state index >= 15 is 0 Å². The van der Waals surface area contributed by atoms with Gasteiger partial charge >= 0.3 is 5.97 Å². The van der Waals surface area contributed by atoms with Crippen LogP contribution in [0.3, 0.4) is 0 Å². The molecule has 174 valence electrons. The third-order valence-corrected chi connectivity index (χ3v) is 7.13. The Balaban J connectivity index is 1.50. The van der Waals surface area contributed by atoms with E-state index < -0.39 is 0 Å². The Morgan fingerprint density at radius 1 is 1.09 bits per heavy atom. The zero-order valence-corrected chi connectivity index (χ0v) is 19.9. The first kappa shape index (κ1) is 24.5. The highest BCUT2D eigenvalue weighted by molar-refractivity contribution is 7.13. The summed E-state index contributed by atoms with van der Waals surface area (Å²) in [6, 6.07) is 12.6. The van der Waals surface area contributed by atoms with E-state index in [4.69, 9.17) is 9.84 Å². The number of ether oxygens (including phenoxy) is 1. The van der Waals surface area contributed by atoms with Crippen molar-refractivity contribution < 1.29 is 19.4 Å². The van der Waals surface area contributed by atoms with Gasteiger partial charge in [-0.2, -0.15) is 0 Å². The van der Waals surface area contributed by atoms with Gasteiger partial charge in [0.15, 0.2) is 0 Å². The van der Waals surface area contributed by atoms with E-state index in [2.05, 4.69) is 31.2 Å². The highest BCUT2D eigenvalue weighted by Crippen LogP contribution is 2.30. The minimum atomic E-state index is -0.378. The summed E-state index contributed by atoms with van der Waals surface area (Å²) in [5.41, 5.74) is 2.36. The molecular formula is C26H35NO4S. The Labute approximate surface area is 195 Å². The Morgan fingerprint density at radius 3 is 2.66 bits per heavy atom. The van der Waals surface area contributed by atoms with Crippen LogP contribution in [0, 0.1) is 0 Å². The number of unbranched alkanes of at least 4 members (excludes halogenated alkanes) is 3. The molecule has 1 atom stereocenters. The number of carbonyl (C=O) groups excluding carboxylic acids is 2. The summed E-state index contributed by atoms with van der Waals surface area (Å²) >= 11 is 1.45. The molecule has 2 aromatic rings. The van der Waals surface area contributed by atoms with Gasteiger partial charge in [-0.15, -0.1) is 11.3 Å². The van der Waals surface area contributed by atoms with Crippen molar-refractivity contribution in [1.29, 1.82) is 0 Å². The fourth-order valence-corrected chi connectivity index (χ4v) is 5.24. The number of aliphatic hydroxyl groups excluding tert-OH is 1. The third kappa shape index (κ3) is 6.91. The number of aryl methyl sites for hydroxylation is 2. The molecule has 6 heteroatoms. The van der Waals surface area contributed by atoms with E-state index in [1.165, 1.54) is 42.6 Å². The molecule has 1 N–H and O–H groups in total. The predicted octanol–water partition coefficient (Wildman–Crippen LogP) is 5.54. The van der Waals surface area contributed by atoms with Crippen molar-refractivity contribution in [1.82, 2.24) is 0 Å². The zero-order valence-electron chi connectivity index (χ0n) is 19.1. The summed E-state index contributed by atoms with van der Waals surface area (Å²) < 4.78 is 4.97. The van der Waals surface area contributed by atoms with Gasteiger partial charge in [-0.1, -0.05) is 38.3 Å². The van der Waals surface area contributed by atoms with Crippen molar-refractivity contribution in [3.05, 3.63) is 51.7 Å². The molecule has 0 bridgehead atoms. The van der Waals surface area contributed by atoms with E-state index in [0.29, 0.717) is 11.3 Å². The number of anilines is 1. The molecule has 1 saturated heterocycles. The van der Waals surface area contributed by atoms with Gasteiger partial charge in [0.1, 0.15) is 11.5 Å². The second-order valence-corrected chi connectivity index (χ2v) is 9.62. The molecule has 1 fully saturated rings. The van der Waals surface area contributed by atoms with E-state index in [1.54, 1.807) is 6.07 Å². The lowest BCUT2D eigenvalue weighted by atomic mass is 10.0. The van der Waals surface area contributed by atoms with Crippen molar-refractivity contribution in [2.45, 2.75) is 77.2 Å². The first-order valence-corrected chi connectivity index (χ1v) is 12.7. The third-order valence-electron chi connectivity index (χ3n) is 6.01. The molecule has 2 heterocycles. The number of hydrogen-bond acceptors (Lipinski definition) is 5. The molecule has 0 radical (unpaired) electrons. The Bertz CT molecular complexity index is 861. The summed E-state index contributed by atoms with van der Waals surface area (Å²) in [6.45, 7) is 2.09. The Kier molecular flexibility index (Phi) is 9.75. The molecular weight excluding hydrogens is 422 g/mol. The monoisotopic (exact) mass is 457 g/mol. The maximum atomic E-state index is 12.6. The lowest BCUT2D eigenvalue weighted by molar-refractivity contribution is -0.117. The highest BCUT2D eigenvalue weighted by atomic mass is 32.1. The number of carbonyl (C=O) groups is 2. The smallest absolute Gasteiger partial charge is 0.348 e. The number of amides is 1. The number of esters is 1. The zero-order chi connectivity index (χ0) is 22.8. The van der Waals surface area contributed by atoms with E-state index in [0.717, 1.165) is 42.7 Å². The quantitative estimate of drug-likeness (QED) is 0.317. The SMILES string of the molecule is CCCCCCc1ccc(N2C(=O)CC[C@@H]2CCCc2ccc(C(=O)OCCO)s2)cc1. The van der Waals surface area contributed by atoms with Crippen LogP contribution < -0.4 is 4.90 Å². The molecule has 1 aromatic carbocycles. The second kappa shape index (κ2) is 12.8. The van der Waals surface area contributed by atoms with Crippen LogP contribution in [0.5, 0.6) is 0 Å². The van der Waals surface area contributed by atoms with Gasteiger partial charge in [0.2, 0.25) is 5.91 Å². The summed E-state index contributed by atoms with van der Waals surface area (Å²) in [5, 5.41) is 8.77. The van der Waals surface area contributed by atoms with Crippen LogP contribution in [-0.4, -0.2) is 36.2 Å². The second-order valence-electron chi connectivity index (χ2n) is 8.45. The maximum Gasteiger partial charge on any atom is 0.348 e. The van der Waals surface area contributed by atoms with Gasteiger partial charge in [-0.3, -0.25) is 4.79 Å². The molecule has 0 aliphatic carbocycles. The van der Waals surface area contributed by atoms with Crippen molar-refractivity contribution in [3.8, 4) is 0 Å². The average Bonchev–Trinajstić information content (AvgIpc) is 3.42. The summed E-state index contributed by atoms with van der Waals surface area (Å²) in [6.07, 6.45) is 10.5. The average molecular weight is 458 g/mol. The number of benzene rings is 1. The lowest BCUT2D eigenvalue weighted by Gasteiger charge is -2.25. The van der Waals surface area contributed by atoms with E-state index in [1.807, 2.05) is 11.0 Å². The largest absolute Gasteiger partial charge is 0.459 e. The molecule has 0 spiro atoms. The normalized spacial score (nSPS) is 16.0. The Morgan fingerprint density at radius 2 is 1.91 bits per heavy atom. The first-order valence-electron chi connectivity index (χ1n) is 11.9. The van der Waals surface area contributed by atoms with Gasteiger partial charge < -0.3 is 14.7 Å². The van der Waals surface area contributed by atoms with Gasteiger partial charge in [-0.25, -0.2) is 4.79 Å². The number of hydrogen-bond donors (Lipinski definition) is 1. The molecule has 0 unspecified atom stereocenters. The van der Waals surface area contributed by atoms with Crippen LogP contribution >= 0.6 is 11.3 Å². The molecule has 1 amide bonds. The highest BCUT2D eigenvalue weighted by Gasteiger charge is 2.31. The van der Waals surface area contributed by atoms with Gasteiger partial charge in [0.25, 0.3) is 0 Å². The number of aliphatic hydroxyl groups is 1. The first-order chi connectivity index (χ1) is 15.6. The summed E-state index contributed by atoms with van der Waals surface area (Å²) in [7, 11) is 0. The molecule has 1 aromatic heterocycles. The molecule has 1 aliphatic rings. The van der Waals surface area contributed by atoms with Crippen LogP contribution in [-0.2, 0) is 22.4 Å². The van der Waals surface area contributed by atoms with Crippen LogP contribution in [0.4, 0.5) is 5.69 Å². The molecule has 32 heavy (non-hydrogen) atoms. The minimum absolute atomic E-state index is 0.0252. The maximum absolute atomic E-state index is 12.6.